The van der Waals surface area contributed by atoms with Crippen LogP contribution in [0.3, 0.4) is 0 Å². The van der Waals surface area contributed by atoms with Crippen molar-refractivity contribution in [3.8, 4) is 5.75 Å². The summed E-state index contributed by atoms with van der Waals surface area (Å²) in [5.74, 6) is 0.877. The van der Waals surface area contributed by atoms with Crippen LogP contribution in [0.1, 0.15) is 11.3 Å². The zero-order valence-electron chi connectivity index (χ0n) is 8.66. The number of nitrogens with zero attached hydrogens (tertiary/aromatic N) is 1. The van der Waals surface area contributed by atoms with Gasteiger partial charge in [0.1, 0.15) is 5.75 Å². The van der Waals surface area contributed by atoms with Crippen LogP contribution in [-0.2, 0) is 0 Å². The van der Waals surface area contributed by atoms with Gasteiger partial charge < -0.3 is 4.74 Å². The lowest BCUT2D eigenvalue weighted by Gasteiger charge is -2.04. The van der Waals surface area contributed by atoms with Crippen molar-refractivity contribution < 1.29 is 4.74 Å². The van der Waals surface area contributed by atoms with E-state index in [0.717, 1.165) is 22.3 Å². The molecule has 2 rings (SSSR count). The van der Waals surface area contributed by atoms with E-state index in [-0.39, 0.29) is 0 Å². The zero-order valence-corrected chi connectivity index (χ0v) is 8.66. The number of aromatic nitrogens is 1. The SMILES string of the molecule is COc1ccc2nc(C)c(C)cc2c1. The lowest BCUT2D eigenvalue weighted by Crippen LogP contribution is -1.89. The average Bonchev–Trinajstić information content (AvgIpc) is 2.19. The molecule has 72 valence electrons. The number of ether oxygens (including phenoxy) is 1. The second kappa shape index (κ2) is 3.29. The molecule has 0 fully saturated rings. The van der Waals surface area contributed by atoms with Gasteiger partial charge in [-0.15, -0.1) is 0 Å². The molecule has 2 heteroatoms. The van der Waals surface area contributed by atoms with Gasteiger partial charge in [0.15, 0.2) is 0 Å². The summed E-state index contributed by atoms with van der Waals surface area (Å²) in [5.41, 5.74) is 3.32. The Labute approximate surface area is 83.5 Å². The second-order valence-corrected chi connectivity index (χ2v) is 3.45. The lowest BCUT2D eigenvalue weighted by atomic mass is 10.1. The summed E-state index contributed by atoms with van der Waals surface area (Å²) < 4.78 is 5.16. The number of hydrogen-bond donors (Lipinski definition) is 0. The predicted molar refractivity (Wildman–Crippen MR) is 57.8 cm³/mol. The Morgan fingerprint density at radius 2 is 1.93 bits per heavy atom. The molecule has 0 saturated heterocycles. The Bertz CT molecular complexity index is 477. The topological polar surface area (TPSA) is 22.1 Å². The molecule has 2 aromatic rings. The monoisotopic (exact) mass is 187 g/mol. The van der Waals surface area contributed by atoms with Gasteiger partial charge in [0.05, 0.1) is 12.6 Å². The quantitative estimate of drug-likeness (QED) is 0.684. The van der Waals surface area contributed by atoms with Gasteiger partial charge in [0.25, 0.3) is 0 Å². The first kappa shape index (κ1) is 9.00. The number of rotatable bonds is 1. The molecule has 1 aromatic carbocycles. The standard InChI is InChI=1S/C12H13NO/c1-8-6-10-7-11(14-3)4-5-12(10)13-9(8)2/h4-7H,1-3H3. The van der Waals surface area contributed by atoms with E-state index in [4.69, 9.17) is 4.74 Å². The van der Waals surface area contributed by atoms with E-state index in [9.17, 15) is 0 Å². The molecular formula is C12H13NO. The molecule has 0 unspecified atom stereocenters. The van der Waals surface area contributed by atoms with Crippen molar-refractivity contribution >= 4 is 10.9 Å². The van der Waals surface area contributed by atoms with Crippen LogP contribution in [0.2, 0.25) is 0 Å². The van der Waals surface area contributed by atoms with Gasteiger partial charge in [0.2, 0.25) is 0 Å². The molecule has 0 bridgehead atoms. The van der Waals surface area contributed by atoms with Gasteiger partial charge >= 0.3 is 0 Å². The first-order valence-electron chi connectivity index (χ1n) is 4.62. The summed E-state index contributed by atoms with van der Waals surface area (Å²) in [5, 5.41) is 1.13. The predicted octanol–water partition coefficient (Wildman–Crippen LogP) is 2.86. The third-order valence-electron chi connectivity index (χ3n) is 2.47. The zero-order chi connectivity index (χ0) is 10.1. The second-order valence-electron chi connectivity index (χ2n) is 3.45. The summed E-state index contributed by atoms with van der Waals surface area (Å²) in [6.45, 7) is 4.10. The fourth-order valence-corrected chi connectivity index (χ4v) is 1.48. The first-order valence-corrected chi connectivity index (χ1v) is 4.62. The molecule has 0 N–H and O–H groups in total. The number of fused-ring (bicyclic) bond motifs is 1. The van der Waals surface area contributed by atoms with Crippen molar-refractivity contribution in [2.24, 2.45) is 0 Å². The van der Waals surface area contributed by atoms with Crippen LogP contribution in [0, 0.1) is 13.8 Å². The van der Waals surface area contributed by atoms with Crippen LogP contribution in [0.15, 0.2) is 24.3 Å². The highest BCUT2D eigenvalue weighted by molar-refractivity contribution is 5.81. The van der Waals surface area contributed by atoms with E-state index in [0.29, 0.717) is 0 Å². The number of benzene rings is 1. The van der Waals surface area contributed by atoms with Crippen LogP contribution < -0.4 is 4.74 Å². The van der Waals surface area contributed by atoms with E-state index < -0.39 is 0 Å². The number of hydrogen-bond acceptors (Lipinski definition) is 2. The molecule has 0 aliphatic carbocycles. The molecule has 1 heterocycles. The summed E-state index contributed by atoms with van der Waals surface area (Å²) in [6, 6.07) is 8.07. The van der Waals surface area contributed by atoms with E-state index in [1.54, 1.807) is 7.11 Å². The van der Waals surface area contributed by atoms with Crippen molar-refractivity contribution in [2.75, 3.05) is 7.11 Å². The third-order valence-corrected chi connectivity index (χ3v) is 2.47. The van der Waals surface area contributed by atoms with Crippen molar-refractivity contribution in [1.29, 1.82) is 0 Å². The van der Waals surface area contributed by atoms with Crippen LogP contribution in [0.25, 0.3) is 10.9 Å². The molecule has 0 radical (unpaired) electrons. The molecule has 0 aliphatic rings. The molecule has 0 saturated carbocycles. The van der Waals surface area contributed by atoms with Gasteiger partial charge in [-0.05, 0) is 43.7 Å². The Hall–Kier alpha value is -1.57. The van der Waals surface area contributed by atoms with E-state index in [1.807, 2.05) is 25.1 Å². The fourth-order valence-electron chi connectivity index (χ4n) is 1.48. The van der Waals surface area contributed by atoms with Gasteiger partial charge in [-0.1, -0.05) is 0 Å². The highest BCUT2D eigenvalue weighted by atomic mass is 16.5. The summed E-state index contributed by atoms with van der Waals surface area (Å²) in [6.07, 6.45) is 0. The van der Waals surface area contributed by atoms with Gasteiger partial charge in [-0.25, -0.2) is 0 Å². The van der Waals surface area contributed by atoms with Crippen molar-refractivity contribution in [2.45, 2.75) is 13.8 Å². The Morgan fingerprint density at radius 1 is 1.14 bits per heavy atom. The highest BCUT2D eigenvalue weighted by Crippen LogP contribution is 2.21. The van der Waals surface area contributed by atoms with Crippen LogP contribution >= 0.6 is 0 Å². The summed E-state index contributed by atoms with van der Waals surface area (Å²) in [4.78, 5) is 4.50. The van der Waals surface area contributed by atoms with Gasteiger partial charge in [-0.2, -0.15) is 0 Å². The fraction of sp³-hybridized carbons (Fsp3) is 0.250. The lowest BCUT2D eigenvalue weighted by molar-refractivity contribution is 0.415. The van der Waals surface area contributed by atoms with Crippen molar-refractivity contribution in [3.05, 3.63) is 35.5 Å². The Kier molecular flexibility index (Phi) is 2.12. The van der Waals surface area contributed by atoms with Crippen LogP contribution in [-0.4, -0.2) is 12.1 Å². The van der Waals surface area contributed by atoms with Gasteiger partial charge in [-0.3, -0.25) is 4.98 Å². The number of methoxy groups -OCH3 is 1. The smallest absolute Gasteiger partial charge is 0.119 e. The average molecular weight is 187 g/mol. The molecule has 0 aliphatic heterocycles. The molecule has 1 aromatic heterocycles. The Morgan fingerprint density at radius 3 is 2.64 bits per heavy atom. The number of pyridine rings is 1. The minimum Gasteiger partial charge on any atom is -0.497 e. The largest absolute Gasteiger partial charge is 0.497 e. The number of aryl methyl sites for hydroxylation is 2. The molecule has 0 amide bonds. The van der Waals surface area contributed by atoms with Crippen LogP contribution in [0.5, 0.6) is 5.75 Å². The summed E-state index contributed by atoms with van der Waals surface area (Å²) in [7, 11) is 1.68. The van der Waals surface area contributed by atoms with Crippen molar-refractivity contribution in [1.82, 2.24) is 4.98 Å². The van der Waals surface area contributed by atoms with E-state index >= 15 is 0 Å². The van der Waals surface area contributed by atoms with Crippen molar-refractivity contribution in [3.63, 3.8) is 0 Å². The first-order chi connectivity index (χ1) is 6.70. The normalized spacial score (nSPS) is 10.5. The minimum absolute atomic E-state index is 0.877. The maximum absolute atomic E-state index is 5.16. The van der Waals surface area contributed by atoms with E-state index in [2.05, 4.69) is 18.0 Å². The van der Waals surface area contributed by atoms with E-state index in [1.165, 1.54) is 5.56 Å². The highest BCUT2D eigenvalue weighted by Gasteiger charge is 2.00. The third kappa shape index (κ3) is 1.43. The maximum Gasteiger partial charge on any atom is 0.119 e. The minimum atomic E-state index is 0.877. The Balaban J connectivity index is 2.70. The maximum atomic E-state index is 5.16. The summed E-state index contributed by atoms with van der Waals surface area (Å²) >= 11 is 0. The molecular weight excluding hydrogens is 174 g/mol. The molecule has 14 heavy (non-hydrogen) atoms. The molecule has 0 atom stereocenters. The van der Waals surface area contributed by atoms with Gasteiger partial charge in [0, 0.05) is 11.1 Å². The van der Waals surface area contributed by atoms with Crippen LogP contribution in [0.4, 0.5) is 0 Å². The molecule has 2 nitrogen and oxygen atoms in total. The molecule has 0 spiro atoms.